The SMILES string of the molecule is CC(C)=C(C#N)C(=O)Cc1cc(Br)ccc1Br. The van der Waals surface area contributed by atoms with Gasteiger partial charge >= 0.3 is 0 Å². The Morgan fingerprint density at radius 1 is 1.35 bits per heavy atom. The normalized spacial score (nSPS) is 9.59. The van der Waals surface area contributed by atoms with Gasteiger partial charge in [0.15, 0.2) is 5.78 Å². The van der Waals surface area contributed by atoms with Crippen LogP contribution < -0.4 is 0 Å². The summed E-state index contributed by atoms with van der Waals surface area (Å²) < 4.78 is 1.79. The second-order valence-corrected chi connectivity index (χ2v) is 5.59. The molecule has 0 aliphatic carbocycles. The van der Waals surface area contributed by atoms with Crippen molar-refractivity contribution in [1.29, 1.82) is 5.26 Å². The molecular formula is C13H11Br2NO. The largest absolute Gasteiger partial charge is 0.293 e. The molecule has 4 heteroatoms. The van der Waals surface area contributed by atoms with Crippen LogP contribution in [0.5, 0.6) is 0 Å². The standard InChI is InChI=1S/C13H11Br2NO/c1-8(2)11(7-16)13(17)6-9-5-10(14)3-4-12(9)15/h3-5H,6H2,1-2H3. The van der Waals surface area contributed by atoms with E-state index in [-0.39, 0.29) is 17.8 Å². The third-order valence-corrected chi connectivity index (χ3v) is 3.52. The van der Waals surface area contributed by atoms with Gasteiger partial charge in [0.2, 0.25) is 0 Å². The highest BCUT2D eigenvalue weighted by atomic mass is 79.9. The first kappa shape index (κ1) is 14.1. The van der Waals surface area contributed by atoms with Gasteiger partial charge in [-0.3, -0.25) is 4.79 Å². The molecule has 1 aromatic carbocycles. The summed E-state index contributed by atoms with van der Waals surface area (Å²) in [7, 11) is 0. The van der Waals surface area contributed by atoms with Crippen molar-refractivity contribution in [3.8, 4) is 6.07 Å². The Morgan fingerprint density at radius 3 is 2.53 bits per heavy atom. The van der Waals surface area contributed by atoms with Crippen LogP contribution in [0.4, 0.5) is 0 Å². The summed E-state index contributed by atoms with van der Waals surface area (Å²) in [6, 6.07) is 7.60. The Morgan fingerprint density at radius 2 is 2.00 bits per heavy atom. The molecule has 0 saturated heterocycles. The second kappa shape index (κ2) is 6.13. The van der Waals surface area contributed by atoms with E-state index in [1.54, 1.807) is 13.8 Å². The van der Waals surface area contributed by atoms with E-state index in [0.717, 1.165) is 20.1 Å². The minimum atomic E-state index is -0.147. The molecule has 2 nitrogen and oxygen atoms in total. The number of nitriles is 1. The summed E-state index contributed by atoms with van der Waals surface area (Å²) in [4.78, 5) is 11.9. The molecule has 88 valence electrons. The van der Waals surface area contributed by atoms with Crippen LogP contribution in [0.25, 0.3) is 0 Å². The lowest BCUT2D eigenvalue weighted by Crippen LogP contribution is -2.07. The minimum absolute atomic E-state index is 0.147. The van der Waals surface area contributed by atoms with Gasteiger partial charge in [-0.2, -0.15) is 5.26 Å². The van der Waals surface area contributed by atoms with Gasteiger partial charge in [-0.05, 0) is 37.6 Å². The van der Waals surface area contributed by atoms with E-state index in [9.17, 15) is 4.79 Å². The highest BCUT2D eigenvalue weighted by Gasteiger charge is 2.13. The highest BCUT2D eigenvalue weighted by molar-refractivity contribution is 9.11. The van der Waals surface area contributed by atoms with Gasteiger partial charge in [-0.1, -0.05) is 37.4 Å². The quantitative estimate of drug-likeness (QED) is 0.602. The fourth-order valence-corrected chi connectivity index (χ4v) is 2.19. The third kappa shape index (κ3) is 3.79. The molecule has 0 aromatic heterocycles. The predicted molar refractivity (Wildman–Crippen MR) is 74.5 cm³/mol. The number of nitrogens with zero attached hydrogens (tertiary/aromatic N) is 1. The van der Waals surface area contributed by atoms with Gasteiger partial charge < -0.3 is 0 Å². The molecule has 0 heterocycles. The van der Waals surface area contributed by atoms with E-state index >= 15 is 0 Å². The lowest BCUT2D eigenvalue weighted by atomic mass is 10.0. The zero-order chi connectivity index (χ0) is 13.0. The molecular weight excluding hydrogens is 346 g/mol. The Kier molecular flexibility index (Phi) is 5.10. The first-order chi connectivity index (χ1) is 7.95. The Bertz CT molecular complexity index is 523. The molecule has 0 atom stereocenters. The predicted octanol–water partition coefficient (Wildman–Crippen LogP) is 4.18. The number of carbonyl (C=O) groups excluding carboxylic acids is 1. The second-order valence-electron chi connectivity index (χ2n) is 3.82. The van der Waals surface area contributed by atoms with Crippen molar-refractivity contribution in [2.24, 2.45) is 0 Å². The number of hydrogen-bond acceptors (Lipinski definition) is 2. The van der Waals surface area contributed by atoms with Crippen molar-refractivity contribution in [3.63, 3.8) is 0 Å². The van der Waals surface area contributed by atoms with E-state index in [1.807, 2.05) is 24.3 Å². The fourth-order valence-electron chi connectivity index (χ4n) is 1.39. The van der Waals surface area contributed by atoms with Crippen LogP contribution in [0.3, 0.4) is 0 Å². The smallest absolute Gasteiger partial charge is 0.177 e. The number of carbonyl (C=O) groups is 1. The molecule has 1 aromatic rings. The van der Waals surface area contributed by atoms with Crippen LogP contribution in [0.15, 0.2) is 38.3 Å². The summed E-state index contributed by atoms with van der Waals surface area (Å²) >= 11 is 6.76. The van der Waals surface area contributed by atoms with Gasteiger partial charge in [-0.25, -0.2) is 0 Å². The first-order valence-electron chi connectivity index (χ1n) is 5.00. The number of Topliss-reactive ketones (excluding diaryl/α,β-unsaturated/α-hetero) is 1. The van der Waals surface area contributed by atoms with Crippen LogP contribution in [0.1, 0.15) is 19.4 Å². The average Bonchev–Trinajstić information content (AvgIpc) is 2.24. The van der Waals surface area contributed by atoms with Gasteiger partial charge in [0, 0.05) is 15.4 Å². The molecule has 0 unspecified atom stereocenters. The number of hydrogen-bond donors (Lipinski definition) is 0. The minimum Gasteiger partial charge on any atom is -0.293 e. The van der Waals surface area contributed by atoms with Crippen molar-refractivity contribution < 1.29 is 4.79 Å². The van der Waals surface area contributed by atoms with Crippen LogP contribution in [0.2, 0.25) is 0 Å². The van der Waals surface area contributed by atoms with Crippen molar-refractivity contribution in [1.82, 2.24) is 0 Å². The van der Waals surface area contributed by atoms with Crippen LogP contribution in [-0.2, 0) is 11.2 Å². The van der Waals surface area contributed by atoms with Gasteiger partial charge in [0.25, 0.3) is 0 Å². The molecule has 0 aliphatic rings. The van der Waals surface area contributed by atoms with Crippen LogP contribution in [-0.4, -0.2) is 5.78 Å². The maximum atomic E-state index is 11.9. The Hall–Kier alpha value is -0.920. The van der Waals surface area contributed by atoms with Gasteiger partial charge in [-0.15, -0.1) is 0 Å². The van der Waals surface area contributed by atoms with Crippen molar-refractivity contribution in [2.75, 3.05) is 0 Å². The maximum absolute atomic E-state index is 11.9. The summed E-state index contributed by atoms with van der Waals surface area (Å²) in [5, 5.41) is 8.92. The first-order valence-corrected chi connectivity index (χ1v) is 6.59. The number of halogens is 2. The molecule has 0 bridgehead atoms. The van der Waals surface area contributed by atoms with Gasteiger partial charge in [0.1, 0.15) is 6.07 Å². The summed E-state index contributed by atoms with van der Waals surface area (Å²) in [5.74, 6) is -0.147. The van der Waals surface area contributed by atoms with E-state index in [4.69, 9.17) is 5.26 Å². The molecule has 17 heavy (non-hydrogen) atoms. The number of ketones is 1. The third-order valence-electron chi connectivity index (χ3n) is 2.25. The number of benzene rings is 1. The van der Waals surface area contributed by atoms with Gasteiger partial charge in [0.05, 0.1) is 5.57 Å². The average molecular weight is 357 g/mol. The Labute approximate surface area is 118 Å². The molecule has 0 aliphatic heterocycles. The maximum Gasteiger partial charge on any atom is 0.177 e. The van der Waals surface area contributed by atoms with Crippen LogP contribution >= 0.6 is 31.9 Å². The molecule has 0 saturated carbocycles. The highest BCUT2D eigenvalue weighted by Crippen LogP contribution is 2.23. The van der Waals surface area contributed by atoms with Crippen LogP contribution in [0, 0.1) is 11.3 Å². The lowest BCUT2D eigenvalue weighted by Gasteiger charge is -2.05. The zero-order valence-corrected chi connectivity index (χ0v) is 12.7. The van der Waals surface area contributed by atoms with E-state index < -0.39 is 0 Å². The van der Waals surface area contributed by atoms with E-state index in [1.165, 1.54) is 0 Å². The summed E-state index contributed by atoms with van der Waals surface area (Å²) in [6.45, 7) is 3.54. The number of allylic oxidation sites excluding steroid dienone is 2. The molecule has 0 spiro atoms. The molecule has 0 N–H and O–H groups in total. The molecule has 0 amide bonds. The van der Waals surface area contributed by atoms with E-state index in [2.05, 4.69) is 31.9 Å². The molecule has 0 fully saturated rings. The van der Waals surface area contributed by atoms with E-state index in [0.29, 0.717) is 0 Å². The summed E-state index contributed by atoms with van der Waals surface area (Å²) in [5.41, 5.74) is 1.87. The Balaban J connectivity index is 3.01. The fraction of sp³-hybridized carbons (Fsp3) is 0.231. The monoisotopic (exact) mass is 355 g/mol. The lowest BCUT2D eigenvalue weighted by molar-refractivity contribution is -0.114. The van der Waals surface area contributed by atoms with Crippen molar-refractivity contribution in [2.45, 2.75) is 20.3 Å². The summed E-state index contributed by atoms with van der Waals surface area (Å²) in [6.07, 6.45) is 0.230. The zero-order valence-electron chi connectivity index (χ0n) is 9.55. The topological polar surface area (TPSA) is 40.9 Å². The number of rotatable bonds is 3. The van der Waals surface area contributed by atoms with Crippen molar-refractivity contribution >= 4 is 37.6 Å². The molecule has 0 radical (unpaired) electrons. The van der Waals surface area contributed by atoms with Crippen molar-refractivity contribution in [3.05, 3.63) is 43.9 Å². The molecule has 1 rings (SSSR count).